The number of halogens is 1. The van der Waals surface area contributed by atoms with E-state index >= 15 is 0 Å². The van der Waals surface area contributed by atoms with E-state index in [1.807, 2.05) is 0 Å². The topological polar surface area (TPSA) is 71.1 Å². The second kappa shape index (κ2) is 6.67. The van der Waals surface area contributed by atoms with Gasteiger partial charge in [-0.15, -0.1) is 0 Å². The average Bonchev–Trinajstić information content (AvgIpc) is 2.49. The molecule has 0 aliphatic carbocycles. The van der Waals surface area contributed by atoms with Gasteiger partial charge >= 0.3 is 0 Å². The van der Waals surface area contributed by atoms with Crippen LogP contribution in [0.25, 0.3) is 0 Å². The van der Waals surface area contributed by atoms with Crippen molar-refractivity contribution in [2.45, 2.75) is 25.5 Å². The summed E-state index contributed by atoms with van der Waals surface area (Å²) in [4.78, 5) is 2.16. The van der Waals surface area contributed by atoms with E-state index < -0.39 is 5.82 Å². The number of hydrogen-bond acceptors (Lipinski definition) is 4. The summed E-state index contributed by atoms with van der Waals surface area (Å²) in [6, 6.07) is 4.94. The van der Waals surface area contributed by atoms with Crippen LogP contribution in [0.15, 0.2) is 23.4 Å². The summed E-state index contributed by atoms with van der Waals surface area (Å²) in [5.41, 5.74) is 6.14. The largest absolute Gasteiger partial charge is 0.409 e. The highest BCUT2D eigenvalue weighted by atomic mass is 19.1. The van der Waals surface area contributed by atoms with Gasteiger partial charge in [0, 0.05) is 25.8 Å². The van der Waals surface area contributed by atoms with E-state index in [4.69, 9.17) is 15.7 Å². The molecule has 1 aromatic carbocycles. The molecule has 1 fully saturated rings. The van der Waals surface area contributed by atoms with Crippen LogP contribution in [-0.2, 0) is 11.3 Å². The Kier molecular flexibility index (Phi) is 4.92. The number of piperidine rings is 1. The third-order valence-electron chi connectivity index (χ3n) is 3.65. The third kappa shape index (κ3) is 3.26. The van der Waals surface area contributed by atoms with Gasteiger partial charge in [0.25, 0.3) is 0 Å². The van der Waals surface area contributed by atoms with Crippen LogP contribution in [0, 0.1) is 5.82 Å². The van der Waals surface area contributed by atoms with Crippen LogP contribution >= 0.6 is 0 Å². The molecule has 1 saturated heterocycles. The van der Waals surface area contributed by atoms with E-state index in [0.29, 0.717) is 12.1 Å². The third-order valence-corrected chi connectivity index (χ3v) is 3.65. The lowest BCUT2D eigenvalue weighted by atomic mass is 10.0. The first kappa shape index (κ1) is 14.7. The monoisotopic (exact) mass is 281 g/mol. The zero-order valence-corrected chi connectivity index (χ0v) is 11.6. The number of methoxy groups -OCH3 is 1. The second-order valence-electron chi connectivity index (χ2n) is 5.00. The van der Waals surface area contributed by atoms with Crippen LogP contribution in [0.2, 0.25) is 0 Å². The summed E-state index contributed by atoms with van der Waals surface area (Å²) >= 11 is 0. The molecule has 6 heteroatoms. The summed E-state index contributed by atoms with van der Waals surface area (Å²) in [5.74, 6) is -0.639. The van der Waals surface area contributed by atoms with Gasteiger partial charge in [-0.25, -0.2) is 4.39 Å². The fourth-order valence-corrected chi connectivity index (χ4v) is 2.54. The van der Waals surface area contributed by atoms with Crippen molar-refractivity contribution in [1.82, 2.24) is 4.90 Å². The SMILES string of the molecule is COC1CCCN(Cc2cccc(/C(N)=N/O)c2F)C1. The zero-order chi connectivity index (χ0) is 14.5. The Hall–Kier alpha value is -1.66. The predicted molar refractivity (Wildman–Crippen MR) is 74.2 cm³/mol. The Bertz CT molecular complexity index is 493. The summed E-state index contributed by atoms with van der Waals surface area (Å²) in [6.07, 6.45) is 2.29. The van der Waals surface area contributed by atoms with Crippen LogP contribution in [0.3, 0.4) is 0 Å². The normalized spacial score (nSPS) is 21.1. The Morgan fingerprint density at radius 3 is 3.10 bits per heavy atom. The Morgan fingerprint density at radius 1 is 1.60 bits per heavy atom. The quantitative estimate of drug-likeness (QED) is 0.380. The second-order valence-corrected chi connectivity index (χ2v) is 5.00. The Morgan fingerprint density at radius 2 is 2.40 bits per heavy atom. The van der Waals surface area contributed by atoms with Gasteiger partial charge in [-0.05, 0) is 25.5 Å². The van der Waals surface area contributed by atoms with E-state index in [-0.39, 0.29) is 17.5 Å². The molecule has 0 amide bonds. The predicted octanol–water partition coefficient (Wildman–Crippen LogP) is 1.53. The number of hydrogen-bond donors (Lipinski definition) is 2. The number of oxime groups is 1. The fourth-order valence-electron chi connectivity index (χ4n) is 2.54. The smallest absolute Gasteiger partial charge is 0.173 e. The number of amidine groups is 1. The van der Waals surface area contributed by atoms with Gasteiger partial charge in [0.15, 0.2) is 5.84 Å². The van der Waals surface area contributed by atoms with Crippen molar-refractivity contribution < 1.29 is 14.3 Å². The van der Waals surface area contributed by atoms with Gasteiger partial charge in [-0.1, -0.05) is 17.3 Å². The highest BCUT2D eigenvalue weighted by Crippen LogP contribution is 2.19. The molecule has 5 nitrogen and oxygen atoms in total. The maximum atomic E-state index is 14.3. The van der Waals surface area contributed by atoms with Crippen molar-refractivity contribution in [2.24, 2.45) is 10.9 Å². The van der Waals surface area contributed by atoms with Gasteiger partial charge in [0.05, 0.1) is 11.7 Å². The molecule has 20 heavy (non-hydrogen) atoms. The van der Waals surface area contributed by atoms with Crippen LogP contribution in [0.4, 0.5) is 4.39 Å². The fraction of sp³-hybridized carbons (Fsp3) is 0.500. The molecule has 1 aromatic rings. The van der Waals surface area contributed by atoms with E-state index in [9.17, 15) is 4.39 Å². The van der Waals surface area contributed by atoms with Gasteiger partial charge < -0.3 is 15.7 Å². The van der Waals surface area contributed by atoms with E-state index in [1.165, 1.54) is 6.07 Å². The molecule has 1 heterocycles. The highest BCUT2D eigenvalue weighted by Gasteiger charge is 2.21. The molecule has 0 aromatic heterocycles. The van der Waals surface area contributed by atoms with Crippen LogP contribution in [0.1, 0.15) is 24.0 Å². The van der Waals surface area contributed by atoms with Crippen molar-refractivity contribution in [2.75, 3.05) is 20.2 Å². The molecule has 0 saturated carbocycles. The summed E-state index contributed by atoms with van der Waals surface area (Å²) in [6.45, 7) is 2.22. The van der Waals surface area contributed by atoms with Gasteiger partial charge in [-0.3, -0.25) is 4.90 Å². The molecular formula is C14H20FN3O2. The van der Waals surface area contributed by atoms with Crippen LogP contribution in [-0.4, -0.2) is 42.2 Å². The molecule has 2 rings (SSSR count). The van der Waals surface area contributed by atoms with Gasteiger partial charge in [0.1, 0.15) is 5.82 Å². The van der Waals surface area contributed by atoms with E-state index in [1.54, 1.807) is 19.2 Å². The van der Waals surface area contributed by atoms with Crippen LogP contribution < -0.4 is 5.73 Å². The molecule has 1 atom stereocenters. The summed E-state index contributed by atoms with van der Waals surface area (Å²) in [5, 5.41) is 11.5. The number of nitrogens with two attached hydrogens (primary N) is 1. The average molecular weight is 281 g/mol. The van der Waals surface area contributed by atoms with Gasteiger partial charge in [0.2, 0.25) is 0 Å². The maximum Gasteiger partial charge on any atom is 0.173 e. The van der Waals surface area contributed by atoms with E-state index in [0.717, 1.165) is 25.9 Å². The molecule has 0 radical (unpaired) electrons. The van der Waals surface area contributed by atoms with Gasteiger partial charge in [-0.2, -0.15) is 0 Å². The molecular weight excluding hydrogens is 261 g/mol. The minimum absolute atomic E-state index is 0.130. The van der Waals surface area contributed by atoms with Crippen LogP contribution in [0.5, 0.6) is 0 Å². The first-order valence-corrected chi connectivity index (χ1v) is 6.66. The van der Waals surface area contributed by atoms with Crippen molar-refractivity contribution in [3.63, 3.8) is 0 Å². The summed E-state index contributed by atoms with van der Waals surface area (Å²) in [7, 11) is 1.70. The highest BCUT2D eigenvalue weighted by molar-refractivity contribution is 5.97. The summed E-state index contributed by atoms with van der Waals surface area (Å²) < 4.78 is 19.7. The standard InChI is InChI=1S/C14H20FN3O2/c1-20-11-5-3-7-18(9-11)8-10-4-2-6-12(13(10)15)14(16)17-19/h2,4,6,11,19H,3,5,7-9H2,1H3,(H2,16,17). The number of benzene rings is 1. The molecule has 110 valence electrons. The number of rotatable bonds is 4. The lowest BCUT2D eigenvalue weighted by Crippen LogP contribution is -2.38. The van der Waals surface area contributed by atoms with Crippen molar-refractivity contribution in [3.05, 3.63) is 35.1 Å². The zero-order valence-electron chi connectivity index (χ0n) is 11.6. The number of nitrogens with zero attached hydrogens (tertiary/aromatic N) is 2. The molecule has 0 bridgehead atoms. The maximum absolute atomic E-state index is 14.3. The van der Waals surface area contributed by atoms with Crippen molar-refractivity contribution >= 4 is 5.84 Å². The lowest BCUT2D eigenvalue weighted by molar-refractivity contribution is 0.0282. The number of likely N-dealkylation sites (tertiary alicyclic amines) is 1. The van der Waals surface area contributed by atoms with Crippen molar-refractivity contribution in [3.8, 4) is 0 Å². The molecule has 0 spiro atoms. The minimum atomic E-state index is -0.428. The first-order chi connectivity index (χ1) is 9.65. The number of ether oxygens (including phenoxy) is 1. The van der Waals surface area contributed by atoms with Crippen molar-refractivity contribution in [1.29, 1.82) is 0 Å². The first-order valence-electron chi connectivity index (χ1n) is 6.66. The molecule has 1 unspecified atom stereocenters. The minimum Gasteiger partial charge on any atom is -0.409 e. The lowest BCUT2D eigenvalue weighted by Gasteiger charge is -2.32. The van der Waals surface area contributed by atoms with E-state index in [2.05, 4.69) is 10.1 Å². The Labute approximate surface area is 117 Å². The molecule has 1 aliphatic heterocycles. The molecule has 1 aliphatic rings. The Balaban J connectivity index is 2.13. The molecule has 3 N–H and O–H groups in total.